The highest BCUT2D eigenvalue weighted by Gasteiger charge is 2.07. The Morgan fingerprint density at radius 1 is 1.26 bits per heavy atom. The van der Waals surface area contributed by atoms with Gasteiger partial charge in [-0.2, -0.15) is 0 Å². The lowest BCUT2D eigenvalue weighted by Gasteiger charge is -2.25. The second-order valence-corrected chi connectivity index (χ2v) is 4.51. The maximum Gasteiger partial charge on any atom is 0.120 e. The van der Waals surface area contributed by atoms with Crippen LogP contribution in [0.25, 0.3) is 0 Å². The van der Waals surface area contributed by atoms with Crippen LogP contribution < -0.4 is 4.74 Å². The van der Waals surface area contributed by atoms with Gasteiger partial charge in [0.2, 0.25) is 0 Å². The molecule has 0 aromatic heterocycles. The minimum absolute atomic E-state index is 0. The van der Waals surface area contributed by atoms with E-state index in [1.807, 2.05) is 12.1 Å². The summed E-state index contributed by atoms with van der Waals surface area (Å²) in [5, 5.41) is 0. The van der Waals surface area contributed by atoms with E-state index in [0.29, 0.717) is 6.61 Å². The van der Waals surface area contributed by atoms with Gasteiger partial charge in [-0.1, -0.05) is 24.3 Å². The monoisotopic (exact) mass is 283 g/mol. The summed E-state index contributed by atoms with van der Waals surface area (Å²) in [5.74, 6) is 0.936. The number of hydrogen-bond acceptors (Lipinski definition) is 3. The summed E-state index contributed by atoms with van der Waals surface area (Å²) in [7, 11) is 0. The summed E-state index contributed by atoms with van der Waals surface area (Å²) in [4.78, 5) is 2.38. The third-order valence-electron chi connectivity index (χ3n) is 2.97. The lowest BCUT2D eigenvalue weighted by Crippen LogP contribution is -2.36. The fourth-order valence-electron chi connectivity index (χ4n) is 1.92. The van der Waals surface area contributed by atoms with Crippen LogP contribution in [-0.4, -0.2) is 44.4 Å². The van der Waals surface area contributed by atoms with E-state index in [1.54, 1.807) is 0 Å². The van der Waals surface area contributed by atoms with Crippen molar-refractivity contribution in [3.8, 4) is 5.75 Å². The minimum Gasteiger partial charge on any atom is -0.490 e. The number of ether oxygens (including phenoxy) is 2. The van der Waals surface area contributed by atoms with E-state index in [1.165, 1.54) is 5.56 Å². The molecule has 0 radical (unpaired) electrons. The predicted octanol–water partition coefficient (Wildman–Crippen LogP) is 2.68. The van der Waals surface area contributed by atoms with Crippen molar-refractivity contribution in [2.75, 3.05) is 39.5 Å². The number of aryl methyl sites for hydroxylation is 1. The highest BCUT2D eigenvalue weighted by molar-refractivity contribution is 5.85. The highest BCUT2D eigenvalue weighted by Crippen LogP contribution is 2.11. The third kappa shape index (κ3) is 6.10. The molecular formula is C15H22ClNO2. The summed E-state index contributed by atoms with van der Waals surface area (Å²) >= 11 is 0. The molecule has 0 N–H and O–H groups in total. The van der Waals surface area contributed by atoms with Crippen molar-refractivity contribution in [3.05, 3.63) is 42.0 Å². The molecule has 0 bridgehead atoms. The molecule has 0 saturated carbocycles. The molecule has 3 nitrogen and oxygen atoms in total. The number of morpholine rings is 1. The summed E-state index contributed by atoms with van der Waals surface area (Å²) in [6.07, 6.45) is 4.25. The van der Waals surface area contributed by atoms with Crippen molar-refractivity contribution in [2.45, 2.75) is 6.92 Å². The molecule has 1 fully saturated rings. The lowest BCUT2D eigenvalue weighted by molar-refractivity contribution is 0.0434. The van der Waals surface area contributed by atoms with E-state index in [9.17, 15) is 0 Å². The normalized spacial score (nSPS) is 16.3. The van der Waals surface area contributed by atoms with Crippen molar-refractivity contribution in [1.82, 2.24) is 4.90 Å². The first-order chi connectivity index (χ1) is 8.84. The van der Waals surface area contributed by atoms with Crippen LogP contribution in [0.5, 0.6) is 5.75 Å². The fraction of sp³-hybridized carbons (Fsp3) is 0.467. The van der Waals surface area contributed by atoms with Crippen molar-refractivity contribution in [3.63, 3.8) is 0 Å². The average Bonchev–Trinajstić information content (AvgIpc) is 2.40. The standard InChI is InChI=1S/C15H21NO2.ClH/c1-14-5-4-6-15(13-14)18-10-3-2-7-16-8-11-17-12-9-16;/h2-6,13H,7-12H2,1H3;1H. The van der Waals surface area contributed by atoms with Crippen molar-refractivity contribution < 1.29 is 9.47 Å². The first-order valence-corrected chi connectivity index (χ1v) is 6.49. The van der Waals surface area contributed by atoms with Gasteiger partial charge in [0, 0.05) is 19.6 Å². The number of hydrogen-bond donors (Lipinski definition) is 0. The molecule has 4 heteroatoms. The van der Waals surface area contributed by atoms with Gasteiger partial charge in [0.05, 0.1) is 13.2 Å². The zero-order valence-corrected chi connectivity index (χ0v) is 12.2. The van der Waals surface area contributed by atoms with Gasteiger partial charge >= 0.3 is 0 Å². The maximum atomic E-state index is 5.65. The van der Waals surface area contributed by atoms with Crippen LogP contribution in [-0.2, 0) is 4.74 Å². The minimum atomic E-state index is 0. The molecule has 1 aromatic carbocycles. The Balaban J connectivity index is 0.00000180. The molecule has 0 spiro atoms. The number of halogens is 1. The van der Waals surface area contributed by atoms with E-state index in [4.69, 9.17) is 9.47 Å². The van der Waals surface area contributed by atoms with Gasteiger partial charge in [0.25, 0.3) is 0 Å². The van der Waals surface area contributed by atoms with Crippen LogP contribution in [0.2, 0.25) is 0 Å². The van der Waals surface area contributed by atoms with Crippen LogP contribution >= 0.6 is 12.4 Å². The fourth-order valence-corrected chi connectivity index (χ4v) is 1.92. The second-order valence-electron chi connectivity index (χ2n) is 4.51. The summed E-state index contributed by atoms with van der Waals surface area (Å²) < 4.78 is 11.0. The van der Waals surface area contributed by atoms with Crippen LogP contribution in [0, 0.1) is 6.92 Å². The van der Waals surface area contributed by atoms with Crippen LogP contribution in [0.4, 0.5) is 0 Å². The van der Waals surface area contributed by atoms with Gasteiger partial charge in [0.15, 0.2) is 0 Å². The van der Waals surface area contributed by atoms with Gasteiger partial charge in [0.1, 0.15) is 12.4 Å². The lowest BCUT2D eigenvalue weighted by atomic mass is 10.2. The van der Waals surface area contributed by atoms with Gasteiger partial charge in [-0.25, -0.2) is 0 Å². The van der Waals surface area contributed by atoms with E-state index >= 15 is 0 Å². The highest BCUT2D eigenvalue weighted by atomic mass is 35.5. The Morgan fingerprint density at radius 3 is 2.79 bits per heavy atom. The molecule has 0 aliphatic carbocycles. The van der Waals surface area contributed by atoms with Gasteiger partial charge in [-0.15, -0.1) is 12.4 Å². The Kier molecular flexibility index (Phi) is 7.56. The molecule has 0 unspecified atom stereocenters. The quantitative estimate of drug-likeness (QED) is 0.776. The topological polar surface area (TPSA) is 21.7 Å². The van der Waals surface area contributed by atoms with Crippen molar-refractivity contribution in [2.24, 2.45) is 0 Å². The zero-order chi connectivity index (χ0) is 12.6. The predicted molar refractivity (Wildman–Crippen MR) is 80.3 cm³/mol. The Labute approximate surface area is 121 Å². The molecule has 2 rings (SSSR count). The molecule has 19 heavy (non-hydrogen) atoms. The summed E-state index contributed by atoms with van der Waals surface area (Å²) in [5.41, 5.74) is 1.23. The van der Waals surface area contributed by atoms with Crippen LogP contribution in [0.1, 0.15) is 5.56 Å². The largest absolute Gasteiger partial charge is 0.490 e. The van der Waals surface area contributed by atoms with Gasteiger partial charge < -0.3 is 9.47 Å². The van der Waals surface area contributed by atoms with E-state index < -0.39 is 0 Å². The molecular weight excluding hydrogens is 262 g/mol. The molecule has 1 aliphatic heterocycles. The number of rotatable bonds is 5. The van der Waals surface area contributed by atoms with Gasteiger partial charge in [-0.05, 0) is 24.6 Å². The number of benzene rings is 1. The van der Waals surface area contributed by atoms with Crippen molar-refractivity contribution in [1.29, 1.82) is 0 Å². The van der Waals surface area contributed by atoms with Crippen LogP contribution in [0.15, 0.2) is 36.4 Å². The number of nitrogens with zero attached hydrogens (tertiary/aromatic N) is 1. The average molecular weight is 284 g/mol. The molecule has 106 valence electrons. The SMILES string of the molecule is Cc1cccc(OCC=CCN2CCOCC2)c1.Cl. The zero-order valence-electron chi connectivity index (χ0n) is 11.4. The van der Waals surface area contributed by atoms with E-state index in [2.05, 4.69) is 36.1 Å². The van der Waals surface area contributed by atoms with Gasteiger partial charge in [-0.3, -0.25) is 4.90 Å². The van der Waals surface area contributed by atoms with Crippen LogP contribution in [0.3, 0.4) is 0 Å². The van der Waals surface area contributed by atoms with E-state index in [0.717, 1.165) is 38.6 Å². The Bertz CT molecular complexity index is 389. The molecule has 0 atom stereocenters. The summed E-state index contributed by atoms with van der Waals surface area (Å²) in [6.45, 7) is 7.46. The Hall–Kier alpha value is -1.03. The third-order valence-corrected chi connectivity index (χ3v) is 2.97. The van der Waals surface area contributed by atoms with Crippen molar-refractivity contribution >= 4 is 12.4 Å². The first-order valence-electron chi connectivity index (χ1n) is 6.49. The van der Waals surface area contributed by atoms with E-state index in [-0.39, 0.29) is 12.4 Å². The molecule has 1 aliphatic rings. The maximum absolute atomic E-state index is 5.65. The first kappa shape index (κ1) is 16.0. The summed E-state index contributed by atoms with van der Waals surface area (Å²) in [6, 6.07) is 8.13. The molecule has 1 saturated heterocycles. The smallest absolute Gasteiger partial charge is 0.120 e. The second kappa shape index (κ2) is 8.97. The Morgan fingerprint density at radius 2 is 2.05 bits per heavy atom. The molecule has 1 aromatic rings. The molecule has 0 amide bonds. The molecule has 1 heterocycles.